The number of hydrogen-bond donors (Lipinski definition) is 1. The Labute approximate surface area is 138 Å². The highest BCUT2D eigenvalue weighted by molar-refractivity contribution is 5.98. The Morgan fingerprint density at radius 2 is 1.83 bits per heavy atom. The van der Waals surface area contributed by atoms with Crippen molar-refractivity contribution in [1.29, 1.82) is 0 Å². The maximum Gasteiger partial charge on any atom is 0.253 e. The number of nitrogens with one attached hydrogen (secondary N) is 1. The SMILES string of the molecule is CN1CCCN(C(=O)c2cccc(NC(=O)C(C)(C)C)c2)CC1. The molecule has 0 aromatic heterocycles. The number of nitrogens with zero attached hydrogens (tertiary/aromatic N) is 2. The summed E-state index contributed by atoms with van der Waals surface area (Å²) in [6, 6.07) is 7.20. The number of benzene rings is 1. The van der Waals surface area contributed by atoms with Gasteiger partial charge in [-0.15, -0.1) is 0 Å². The Morgan fingerprint density at radius 1 is 1.09 bits per heavy atom. The van der Waals surface area contributed by atoms with E-state index in [9.17, 15) is 9.59 Å². The molecule has 0 radical (unpaired) electrons. The van der Waals surface area contributed by atoms with Crippen LogP contribution in [-0.2, 0) is 4.79 Å². The van der Waals surface area contributed by atoms with Crippen LogP contribution < -0.4 is 5.32 Å². The van der Waals surface area contributed by atoms with Crippen LogP contribution in [0.5, 0.6) is 0 Å². The fourth-order valence-electron chi connectivity index (χ4n) is 2.48. The topological polar surface area (TPSA) is 52.6 Å². The zero-order valence-electron chi connectivity index (χ0n) is 14.6. The summed E-state index contributed by atoms with van der Waals surface area (Å²) in [5, 5.41) is 2.88. The third-order valence-corrected chi connectivity index (χ3v) is 4.06. The Hall–Kier alpha value is -1.88. The van der Waals surface area contributed by atoms with Gasteiger partial charge in [0, 0.05) is 36.3 Å². The molecule has 0 atom stereocenters. The van der Waals surface area contributed by atoms with E-state index in [4.69, 9.17) is 0 Å². The average Bonchev–Trinajstić information content (AvgIpc) is 2.70. The van der Waals surface area contributed by atoms with Gasteiger partial charge in [-0.25, -0.2) is 0 Å². The van der Waals surface area contributed by atoms with E-state index in [0.717, 1.165) is 32.6 Å². The molecule has 2 amide bonds. The predicted octanol–water partition coefficient (Wildman–Crippen LogP) is 2.45. The first-order chi connectivity index (χ1) is 10.8. The van der Waals surface area contributed by atoms with Crippen LogP contribution in [0.2, 0.25) is 0 Å². The van der Waals surface area contributed by atoms with E-state index in [1.807, 2.05) is 43.9 Å². The van der Waals surface area contributed by atoms with Gasteiger partial charge >= 0.3 is 0 Å². The Balaban J connectivity index is 2.09. The van der Waals surface area contributed by atoms with Gasteiger partial charge < -0.3 is 15.1 Å². The number of rotatable bonds is 2. The highest BCUT2D eigenvalue weighted by Crippen LogP contribution is 2.19. The molecule has 2 rings (SSSR count). The number of likely N-dealkylation sites (N-methyl/N-ethyl adjacent to an activating group) is 1. The van der Waals surface area contributed by atoms with Gasteiger partial charge in [0.1, 0.15) is 0 Å². The normalized spacial score (nSPS) is 16.8. The van der Waals surface area contributed by atoms with E-state index in [-0.39, 0.29) is 11.8 Å². The molecule has 1 aliphatic heterocycles. The fourth-order valence-corrected chi connectivity index (χ4v) is 2.48. The van der Waals surface area contributed by atoms with Crippen LogP contribution in [0.4, 0.5) is 5.69 Å². The molecule has 1 saturated heterocycles. The summed E-state index contributed by atoms with van der Waals surface area (Å²) in [6.07, 6.45) is 0.989. The molecule has 5 nitrogen and oxygen atoms in total. The molecule has 23 heavy (non-hydrogen) atoms. The number of hydrogen-bond acceptors (Lipinski definition) is 3. The second kappa shape index (κ2) is 7.13. The van der Waals surface area contributed by atoms with Crippen LogP contribution in [0.1, 0.15) is 37.6 Å². The van der Waals surface area contributed by atoms with Crippen LogP contribution in [0, 0.1) is 5.41 Å². The zero-order valence-corrected chi connectivity index (χ0v) is 14.6. The standard InChI is InChI=1S/C18H27N3O2/c1-18(2,3)17(23)19-15-8-5-7-14(13-15)16(22)21-10-6-9-20(4)11-12-21/h5,7-8,13H,6,9-12H2,1-4H3,(H,19,23). The third kappa shape index (κ3) is 4.79. The lowest BCUT2D eigenvalue weighted by atomic mass is 9.95. The van der Waals surface area contributed by atoms with E-state index >= 15 is 0 Å². The van der Waals surface area contributed by atoms with E-state index in [1.165, 1.54) is 0 Å². The maximum atomic E-state index is 12.7. The average molecular weight is 317 g/mol. The third-order valence-electron chi connectivity index (χ3n) is 4.06. The Bertz CT molecular complexity index is 578. The van der Waals surface area contributed by atoms with Gasteiger partial charge in [-0.1, -0.05) is 26.8 Å². The van der Waals surface area contributed by atoms with Gasteiger partial charge in [-0.3, -0.25) is 9.59 Å². The van der Waals surface area contributed by atoms with Gasteiger partial charge in [-0.05, 0) is 38.2 Å². The molecule has 0 unspecified atom stereocenters. The monoisotopic (exact) mass is 317 g/mol. The molecular weight excluding hydrogens is 290 g/mol. The summed E-state index contributed by atoms with van der Waals surface area (Å²) in [4.78, 5) is 28.9. The van der Waals surface area contributed by atoms with Gasteiger partial charge in [0.25, 0.3) is 5.91 Å². The molecule has 126 valence electrons. The van der Waals surface area contributed by atoms with Gasteiger partial charge in [0.15, 0.2) is 0 Å². The van der Waals surface area contributed by atoms with Crippen molar-refractivity contribution in [2.75, 3.05) is 38.5 Å². The lowest BCUT2D eigenvalue weighted by molar-refractivity contribution is -0.123. The lowest BCUT2D eigenvalue weighted by Gasteiger charge is -2.21. The van der Waals surface area contributed by atoms with Crippen molar-refractivity contribution >= 4 is 17.5 Å². The van der Waals surface area contributed by atoms with E-state index in [2.05, 4.69) is 17.3 Å². The van der Waals surface area contributed by atoms with Crippen LogP contribution in [0.25, 0.3) is 0 Å². The molecule has 1 aromatic carbocycles. The number of anilines is 1. The highest BCUT2D eigenvalue weighted by atomic mass is 16.2. The second-order valence-electron chi connectivity index (χ2n) is 7.23. The van der Waals surface area contributed by atoms with Crippen LogP contribution in [0.15, 0.2) is 24.3 Å². The largest absolute Gasteiger partial charge is 0.337 e. The minimum absolute atomic E-state index is 0.0344. The van der Waals surface area contributed by atoms with E-state index in [1.54, 1.807) is 6.07 Å². The van der Waals surface area contributed by atoms with E-state index in [0.29, 0.717) is 11.3 Å². The quantitative estimate of drug-likeness (QED) is 0.911. The van der Waals surface area contributed by atoms with E-state index < -0.39 is 5.41 Å². The molecule has 0 spiro atoms. The first kappa shape index (κ1) is 17.5. The summed E-state index contributed by atoms with van der Waals surface area (Å²) in [5.41, 5.74) is 0.832. The van der Waals surface area contributed by atoms with Crippen molar-refractivity contribution in [3.05, 3.63) is 29.8 Å². The van der Waals surface area contributed by atoms with Crippen LogP contribution >= 0.6 is 0 Å². The molecule has 0 aliphatic carbocycles. The Morgan fingerprint density at radius 3 is 2.52 bits per heavy atom. The highest BCUT2D eigenvalue weighted by Gasteiger charge is 2.22. The molecule has 0 bridgehead atoms. The Kier molecular flexibility index (Phi) is 5.42. The van der Waals surface area contributed by atoms with Crippen molar-refractivity contribution in [2.24, 2.45) is 5.41 Å². The number of carbonyl (C=O) groups is 2. The maximum absolute atomic E-state index is 12.7. The summed E-state index contributed by atoms with van der Waals surface area (Å²) >= 11 is 0. The molecule has 1 N–H and O–H groups in total. The predicted molar refractivity (Wildman–Crippen MR) is 92.5 cm³/mol. The zero-order chi connectivity index (χ0) is 17.0. The minimum Gasteiger partial charge on any atom is -0.337 e. The molecular formula is C18H27N3O2. The van der Waals surface area contributed by atoms with Crippen molar-refractivity contribution in [3.8, 4) is 0 Å². The van der Waals surface area contributed by atoms with Gasteiger partial charge in [0.2, 0.25) is 5.91 Å². The number of amides is 2. The van der Waals surface area contributed by atoms with Crippen LogP contribution in [-0.4, -0.2) is 54.8 Å². The van der Waals surface area contributed by atoms with Crippen molar-refractivity contribution in [2.45, 2.75) is 27.2 Å². The van der Waals surface area contributed by atoms with Crippen molar-refractivity contribution in [3.63, 3.8) is 0 Å². The molecule has 1 aromatic rings. The molecule has 0 saturated carbocycles. The van der Waals surface area contributed by atoms with Crippen LogP contribution in [0.3, 0.4) is 0 Å². The molecule has 5 heteroatoms. The van der Waals surface area contributed by atoms with Gasteiger partial charge in [-0.2, -0.15) is 0 Å². The molecule has 1 aliphatic rings. The molecule has 1 heterocycles. The van der Waals surface area contributed by atoms with Crippen molar-refractivity contribution < 1.29 is 9.59 Å². The van der Waals surface area contributed by atoms with Gasteiger partial charge in [0.05, 0.1) is 0 Å². The number of carbonyl (C=O) groups excluding carboxylic acids is 2. The van der Waals surface area contributed by atoms with Crippen molar-refractivity contribution in [1.82, 2.24) is 9.80 Å². The first-order valence-corrected chi connectivity index (χ1v) is 8.17. The minimum atomic E-state index is -0.463. The first-order valence-electron chi connectivity index (χ1n) is 8.17. The lowest BCUT2D eigenvalue weighted by Crippen LogP contribution is -2.34. The molecule has 1 fully saturated rings. The summed E-state index contributed by atoms with van der Waals surface area (Å²) < 4.78 is 0. The smallest absolute Gasteiger partial charge is 0.253 e. The summed E-state index contributed by atoms with van der Waals surface area (Å²) in [7, 11) is 2.08. The fraction of sp³-hybridized carbons (Fsp3) is 0.556. The summed E-state index contributed by atoms with van der Waals surface area (Å²) in [6.45, 7) is 9.04. The summed E-state index contributed by atoms with van der Waals surface area (Å²) in [5.74, 6) is -0.0225. The second-order valence-corrected chi connectivity index (χ2v) is 7.23.